The minimum atomic E-state index is 0.288. The topological polar surface area (TPSA) is 18.5 Å². The van der Waals surface area contributed by atoms with E-state index in [4.69, 9.17) is 0 Å². The summed E-state index contributed by atoms with van der Waals surface area (Å²) < 4.78 is 0. The first-order chi connectivity index (χ1) is 9.02. The molecule has 1 aliphatic rings. The molecule has 1 aliphatic heterocycles. The van der Waals surface area contributed by atoms with Gasteiger partial charge in [0.2, 0.25) is 0 Å². The molecule has 0 atom stereocenters. The van der Waals surface area contributed by atoms with Gasteiger partial charge in [0, 0.05) is 44.0 Å². The molecule has 0 amide bonds. The molecule has 1 aromatic carbocycles. The van der Waals surface area contributed by atoms with Crippen molar-refractivity contribution in [2.45, 2.75) is 32.9 Å². The van der Waals surface area contributed by atoms with E-state index in [1.54, 1.807) is 0 Å². The van der Waals surface area contributed by atoms with E-state index in [1.165, 1.54) is 11.3 Å². The fourth-order valence-electron chi connectivity index (χ4n) is 2.78. The molecule has 106 valence electrons. The summed E-state index contributed by atoms with van der Waals surface area (Å²) in [7, 11) is 2.01. The van der Waals surface area contributed by atoms with Crippen LogP contribution < -0.4 is 10.2 Å². The molecule has 1 saturated heterocycles. The summed E-state index contributed by atoms with van der Waals surface area (Å²) in [4.78, 5) is 5.10. The van der Waals surface area contributed by atoms with E-state index in [2.05, 4.69) is 60.2 Å². The molecule has 0 aromatic heterocycles. The van der Waals surface area contributed by atoms with Gasteiger partial charge in [-0.1, -0.05) is 18.2 Å². The van der Waals surface area contributed by atoms with Gasteiger partial charge < -0.3 is 10.2 Å². The molecule has 19 heavy (non-hydrogen) atoms. The molecule has 0 unspecified atom stereocenters. The van der Waals surface area contributed by atoms with Gasteiger partial charge in [-0.15, -0.1) is 0 Å². The molecule has 0 bridgehead atoms. The molecule has 1 aromatic rings. The highest BCUT2D eigenvalue weighted by Gasteiger charge is 2.26. The standard InChI is InChI=1S/C16H27N3/c1-16(2,3)19-11-9-18(10-12-19)15-8-6-5-7-14(15)13-17-4/h5-8,17H,9-13H2,1-4H3. The largest absolute Gasteiger partial charge is 0.369 e. The van der Waals surface area contributed by atoms with Crippen molar-refractivity contribution < 1.29 is 0 Å². The van der Waals surface area contributed by atoms with Crippen LogP contribution in [0.15, 0.2) is 24.3 Å². The van der Waals surface area contributed by atoms with Crippen LogP contribution in [0.3, 0.4) is 0 Å². The highest BCUT2D eigenvalue weighted by Crippen LogP contribution is 2.24. The zero-order valence-electron chi connectivity index (χ0n) is 12.7. The Kier molecular flexibility index (Phi) is 4.48. The third-order valence-electron chi connectivity index (χ3n) is 3.93. The van der Waals surface area contributed by atoms with E-state index in [0.29, 0.717) is 0 Å². The molecule has 0 aliphatic carbocycles. The molecule has 0 spiro atoms. The van der Waals surface area contributed by atoms with Crippen molar-refractivity contribution >= 4 is 5.69 Å². The number of anilines is 1. The van der Waals surface area contributed by atoms with Crippen LogP contribution in [0.4, 0.5) is 5.69 Å². The first-order valence-electron chi connectivity index (χ1n) is 7.25. The number of piperazine rings is 1. The van der Waals surface area contributed by atoms with Gasteiger partial charge in [0.1, 0.15) is 0 Å². The number of para-hydroxylation sites is 1. The van der Waals surface area contributed by atoms with Gasteiger partial charge in [-0.3, -0.25) is 4.90 Å². The van der Waals surface area contributed by atoms with Gasteiger partial charge in [0.25, 0.3) is 0 Å². The SMILES string of the molecule is CNCc1ccccc1N1CCN(C(C)(C)C)CC1. The highest BCUT2D eigenvalue weighted by atomic mass is 15.3. The number of hydrogen-bond acceptors (Lipinski definition) is 3. The van der Waals surface area contributed by atoms with Crippen molar-refractivity contribution in [3.63, 3.8) is 0 Å². The maximum Gasteiger partial charge on any atom is 0.0412 e. The van der Waals surface area contributed by atoms with Crippen molar-refractivity contribution in [3.05, 3.63) is 29.8 Å². The average molecular weight is 261 g/mol. The van der Waals surface area contributed by atoms with Crippen LogP contribution in [-0.2, 0) is 6.54 Å². The smallest absolute Gasteiger partial charge is 0.0412 e. The molecular formula is C16H27N3. The van der Waals surface area contributed by atoms with Gasteiger partial charge >= 0.3 is 0 Å². The molecular weight excluding hydrogens is 234 g/mol. The lowest BCUT2D eigenvalue weighted by Crippen LogP contribution is -2.53. The van der Waals surface area contributed by atoms with E-state index in [0.717, 1.165) is 32.7 Å². The van der Waals surface area contributed by atoms with Gasteiger partial charge in [-0.05, 0) is 39.4 Å². The predicted molar refractivity (Wildman–Crippen MR) is 82.7 cm³/mol. The lowest BCUT2D eigenvalue weighted by Gasteiger charge is -2.43. The molecule has 2 rings (SSSR count). The quantitative estimate of drug-likeness (QED) is 0.901. The Morgan fingerprint density at radius 3 is 2.26 bits per heavy atom. The molecule has 1 fully saturated rings. The van der Waals surface area contributed by atoms with Crippen LogP contribution in [0.25, 0.3) is 0 Å². The molecule has 0 radical (unpaired) electrons. The number of benzene rings is 1. The van der Waals surface area contributed by atoms with Crippen molar-refractivity contribution in [1.82, 2.24) is 10.2 Å². The number of rotatable bonds is 3. The number of nitrogens with one attached hydrogen (secondary N) is 1. The van der Waals surface area contributed by atoms with E-state index in [9.17, 15) is 0 Å². The summed E-state index contributed by atoms with van der Waals surface area (Å²) in [6.07, 6.45) is 0. The van der Waals surface area contributed by atoms with E-state index < -0.39 is 0 Å². The van der Waals surface area contributed by atoms with Gasteiger partial charge in [-0.2, -0.15) is 0 Å². The summed E-state index contributed by atoms with van der Waals surface area (Å²) in [6.45, 7) is 12.4. The number of hydrogen-bond donors (Lipinski definition) is 1. The predicted octanol–water partition coefficient (Wildman–Crippen LogP) is 2.33. The average Bonchev–Trinajstić information content (AvgIpc) is 2.39. The van der Waals surface area contributed by atoms with E-state index in [1.807, 2.05) is 7.05 Å². The van der Waals surface area contributed by atoms with E-state index in [-0.39, 0.29) is 5.54 Å². The Morgan fingerprint density at radius 1 is 1.05 bits per heavy atom. The summed E-state index contributed by atoms with van der Waals surface area (Å²) in [6, 6.07) is 8.74. The minimum absolute atomic E-state index is 0.288. The first-order valence-corrected chi connectivity index (χ1v) is 7.25. The van der Waals surface area contributed by atoms with Gasteiger partial charge in [0.15, 0.2) is 0 Å². The molecule has 0 saturated carbocycles. The highest BCUT2D eigenvalue weighted by molar-refractivity contribution is 5.54. The molecule has 1 N–H and O–H groups in total. The minimum Gasteiger partial charge on any atom is -0.369 e. The van der Waals surface area contributed by atoms with Crippen LogP contribution in [0.5, 0.6) is 0 Å². The van der Waals surface area contributed by atoms with Crippen LogP contribution in [0, 0.1) is 0 Å². The van der Waals surface area contributed by atoms with Crippen LogP contribution in [0.1, 0.15) is 26.3 Å². The van der Waals surface area contributed by atoms with Crippen LogP contribution in [-0.4, -0.2) is 43.7 Å². The van der Waals surface area contributed by atoms with Crippen molar-refractivity contribution in [1.29, 1.82) is 0 Å². The van der Waals surface area contributed by atoms with E-state index >= 15 is 0 Å². The fourth-order valence-corrected chi connectivity index (χ4v) is 2.78. The monoisotopic (exact) mass is 261 g/mol. The summed E-state index contributed by atoms with van der Waals surface area (Å²) in [5, 5.41) is 3.26. The van der Waals surface area contributed by atoms with Crippen LogP contribution in [0.2, 0.25) is 0 Å². The maximum absolute atomic E-state index is 3.26. The lowest BCUT2D eigenvalue weighted by atomic mass is 10.0. The summed E-state index contributed by atoms with van der Waals surface area (Å²) in [5.41, 5.74) is 3.08. The molecule has 3 nitrogen and oxygen atoms in total. The third-order valence-corrected chi connectivity index (χ3v) is 3.93. The van der Waals surface area contributed by atoms with Gasteiger partial charge in [0.05, 0.1) is 0 Å². The normalized spacial score (nSPS) is 17.8. The first kappa shape index (κ1) is 14.4. The second-order valence-corrected chi connectivity index (χ2v) is 6.30. The van der Waals surface area contributed by atoms with Crippen molar-refractivity contribution in [2.24, 2.45) is 0 Å². The van der Waals surface area contributed by atoms with Crippen molar-refractivity contribution in [2.75, 3.05) is 38.1 Å². The Morgan fingerprint density at radius 2 is 1.68 bits per heavy atom. The Labute approximate surface area is 117 Å². The second kappa shape index (κ2) is 5.93. The summed E-state index contributed by atoms with van der Waals surface area (Å²) >= 11 is 0. The van der Waals surface area contributed by atoms with Crippen LogP contribution >= 0.6 is 0 Å². The third kappa shape index (κ3) is 3.48. The number of nitrogens with zero attached hydrogens (tertiary/aromatic N) is 2. The lowest BCUT2D eigenvalue weighted by molar-refractivity contribution is 0.128. The molecule has 3 heteroatoms. The maximum atomic E-state index is 3.26. The zero-order valence-corrected chi connectivity index (χ0v) is 12.7. The Balaban J connectivity index is 2.05. The van der Waals surface area contributed by atoms with Crippen molar-refractivity contribution in [3.8, 4) is 0 Å². The Hall–Kier alpha value is -1.06. The summed E-state index contributed by atoms with van der Waals surface area (Å²) in [5.74, 6) is 0. The Bertz CT molecular complexity index is 401. The second-order valence-electron chi connectivity index (χ2n) is 6.30. The molecule has 1 heterocycles. The zero-order chi connectivity index (χ0) is 13.9. The fraction of sp³-hybridized carbons (Fsp3) is 0.625. The van der Waals surface area contributed by atoms with Gasteiger partial charge in [-0.25, -0.2) is 0 Å².